The smallest absolute Gasteiger partial charge is 0.271 e. The summed E-state index contributed by atoms with van der Waals surface area (Å²) in [5.41, 5.74) is 6.86. The summed E-state index contributed by atoms with van der Waals surface area (Å²) in [5, 5.41) is 5.34. The number of amides is 1. The molecule has 2 rings (SSSR count). The van der Waals surface area contributed by atoms with Crippen LogP contribution in [0.4, 0.5) is 0 Å². The van der Waals surface area contributed by atoms with Crippen molar-refractivity contribution in [3.8, 4) is 16.3 Å². The molecule has 0 saturated carbocycles. The summed E-state index contributed by atoms with van der Waals surface area (Å²) in [5.74, 6) is 0.596. The number of aromatic nitrogens is 1. The maximum Gasteiger partial charge on any atom is 0.271 e. The van der Waals surface area contributed by atoms with Crippen LogP contribution in [0, 0.1) is 0 Å². The van der Waals surface area contributed by atoms with E-state index in [-0.39, 0.29) is 11.9 Å². The molecule has 0 aliphatic heterocycles. The maximum atomic E-state index is 11.9. The van der Waals surface area contributed by atoms with Gasteiger partial charge in [-0.3, -0.25) is 4.79 Å². The Kier molecular flexibility index (Phi) is 4.70. The lowest BCUT2D eigenvalue weighted by Crippen LogP contribution is -2.37. The second-order valence-corrected chi connectivity index (χ2v) is 5.23. The van der Waals surface area contributed by atoms with Gasteiger partial charge in [-0.15, -0.1) is 11.3 Å². The molecule has 0 aliphatic carbocycles. The van der Waals surface area contributed by atoms with Crippen molar-refractivity contribution < 1.29 is 9.53 Å². The first kappa shape index (κ1) is 14.5. The Morgan fingerprint density at radius 2 is 2.15 bits per heavy atom. The summed E-state index contributed by atoms with van der Waals surface area (Å²) in [4.78, 5) is 16.3. The zero-order chi connectivity index (χ0) is 14.5. The zero-order valence-electron chi connectivity index (χ0n) is 11.4. The van der Waals surface area contributed by atoms with Gasteiger partial charge in [-0.2, -0.15) is 0 Å². The van der Waals surface area contributed by atoms with Gasteiger partial charge >= 0.3 is 0 Å². The Balaban J connectivity index is 2.13. The molecular weight excluding hydrogens is 274 g/mol. The molecule has 0 aliphatic rings. The standard InChI is InChI=1S/C14H17N3O2S/c1-9(7-15)16-13(18)12-8-20-14(17-12)10-3-5-11(19-2)6-4-10/h3-6,8-9H,7,15H2,1-2H3,(H,16,18)/t9-/m0/s1. The average molecular weight is 291 g/mol. The van der Waals surface area contributed by atoms with E-state index in [2.05, 4.69) is 10.3 Å². The summed E-state index contributed by atoms with van der Waals surface area (Å²) in [6, 6.07) is 7.51. The number of hydrogen-bond donors (Lipinski definition) is 2. The lowest BCUT2D eigenvalue weighted by molar-refractivity contribution is 0.0937. The number of ether oxygens (including phenoxy) is 1. The molecule has 0 unspecified atom stereocenters. The molecule has 0 bridgehead atoms. The highest BCUT2D eigenvalue weighted by atomic mass is 32.1. The third-order valence-corrected chi connectivity index (χ3v) is 3.70. The fourth-order valence-electron chi connectivity index (χ4n) is 1.60. The minimum Gasteiger partial charge on any atom is -0.497 e. The van der Waals surface area contributed by atoms with Crippen LogP contribution in [0.5, 0.6) is 5.75 Å². The van der Waals surface area contributed by atoms with E-state index in [0.717, 1.165) is 16.3 Å². The fourth-order valence-corrected chi connectivity index (χ4v) is 2.41. The van der Waals surface area contributed by atoms with E-state index >= 15 is 0 Å². The minimum atomic E-state index is -0.195. The van der Waals surface area contributed by atoms with Crippen molar-refractivity contribution in [3.63, 3.8) is 0 Å². The predicted octanol–water partition coefficient (Wildman–Crippen LogP) is 1.90. The van der Waals surface area contributed by atoms with Gasteiger partial charge in [-0.25, -0.2) is 4.98 Å². The Morgan fingerprint density at radius 1 is 1.45 bits per heavy atom. The molecule has 0 saturated heterocycles. The van der Waals surface area contributed by atoms with Crippen LogP contribution < -0.4 is 15.8 Å². The molecule has 106 valence electrons. The monoisotopic (exact) mass is 291 g/mol. The van der Waals surface area contributed by atoms with Crippen LogP contribution in [0.15, 0.2) is 29.6 Å². The first-order chi connectivity index (χ1) is 9.63. The number of benzene rings is 1. The van der Waals surface area contributed by atoms with Gasteiger partial charge in [0.05, 0.1) is 7.11 Å². The van der Waals surface area contributed by atoms with Crippen molar-refractivity contribution in [1.29, 1.82) is 0 Å². The summed E-state index contributed by atoms with van der Waals surface area (Å²) >= 11 is 1.44. The molecule has 1 heterocycles. The van der Waals surface area contributed by atoms with E-state index in [9.17, 15) is 4.79 Å². The Morgan fingerprint density at radius 3 is 2.75 bits per heavy atom. The number of nitrogens with one attached hydrogen (secondary N) is 1. The Bertz CT molecular complexity index is 580. The summed E-state index contributed by atoms with van der Waals surface area (Å²) in [7, 11) is 1.62. The third-order valence-electron chi connectivity index (χ3n) is 2.80. The number of nitrogens with zero attached hydrogens (tertiary/aromatic N) is 1. The quantitative estimate of drug-likeness (QED) is 0.882. The molecule has 5 nitrogen and oxygen atoms in total. The summed E-state index contributed by atoms with van der Waals surface area (Å²) in [6.45, 7) is 2.26. The van der Waals surface area contributed by atoms with Gasteiger partial charge in [-0.1, -0.05) is 0 Å². The lowest BCUT2D eigenvalue weighted by Gasteiger charge is -2.09. The molecule has 1 amide bonds. The zero-order valence-corrected chi connectivity index (χ0v) is 12.2. The first-order valence-electron chi connectivity index (χ1n) is 6.25. The van der Waals surface area contributed by atoms with Crippen LogP contribution in [-0.4, -0.2) is 30.6 Å². The normalized spacial score (nSPS) is 11.9. The van der Waals surface area contributed by atoms with Crippen LogP contribution in [0.25, 0.3) is 10.6 Å². The molecule has 2 aromatic rings. The molecular formula is C14H17N3O2S. The number of methoxy groups -OCH3 is 1. The van der Waals surface area contributed by atoms with Gasteiger partial charge in [0.25, 0.3) is 5.91 Å². The third kappa shape index (κ3) is 3.34. The molecule has 1 aromatic carbocycles. The molecule has 1 aromatic heterocycles. The molecule has 1 atom stereocenters. The van der Waals surface area contributed by atoms with Crippen molar-refractivity contribution in [1.82, 2.24) is 10.3 Å². The summed E-state index contributed by atoms with van der Waals surface area (Å²) < 4.78 is 5.11. The minimum absolute atomic E-state index is 0.0614. The van der Waals surface area contributed by atoms with Gasteiger partial charge in [0.15, 0.2) is 0 Å². The van der Waals surface area contributed by atoms with E-state index in [1.54, 1.807) is 12.5 Å². The molecule has 0 spiro atoms. The number of nitrogens with two attached hydrogens (primary N) is 1. The molecule has 3 N–H and O–H groups in total. The number of carbonyl (C=O) groups is 1. The number of rotatable bonds is 5. The predicted molar refractivity (Wildman–Crippen MR) is 80.1 cm³/mol. The van der Waals surface area contributed by atoms with Gasteiger partial charge in [0, 0.05) is 23.5 Å². The highest BCUT2D eigenvalue weighted by molar-refractivity contribution is 7.13. The summed E-state index contributed by atoms with van der Waals surface area (Å²) in [6.07, 6.45) is 0. The van der Waals surface area contributed by atoms with Crippen molar-refractivity contribution in [2.45, 2.75) is 13.0 Å². The van der Waals surface area contributed by atoms with Crippen molar-refractivity contribution in [2.24, 2.45) is 5.73 Å². The first-order valence-corrected chi connectivity index (χ1v) is 7.13. The van der Waals surface area contributed by atoms with E-state index in [1.165, 1.54) is 11.3 Å². The Labute approximate surface area is 121 Å². The Hall–Kier alpha value is -1.92. The molecule has 0 fully saturated rings. The van der Waals surface area contributed by atoms with E-state index in [4.69, 9.17) is 10.5 Å². The topological polar surface area (TPSA) is 77.2 Å². The number of thiazole rings is 1. The molecule has 0 radical (unpaired) electrons. The van der Waals surface area contributed by atoms with Crippen molar-refractivity contribution in [3.05, 3.63) is 35.3 Å². The van der Waals surface area contributed by atoms with Crippen LogP contribution in [0.1, 0.15) is 17.4 Å². The second-order valence-electron chi connectivity index (χ2n) is 4.38. The SMILES string of the molecule is COc1ccc(-c2nc(C(=O)N[C@@H](C)CN)cs2)cc1. The van der Waals surface area contributed by atoms with E-state index < -0.39 is 0 Å². The average Bonchev–Trinajstić information content (AvgIpc) is 2.97. The van der Waals surface area contributed by atoms with Crippen LogP contribution in [0.3, 0.4) is 0 Å². The molecule has 20 heavy (non-hydrogen) atoms. The van der Waals surface area contributed by atoms with E-state index in [0.29, 0.717) is 12.2 Å². The second kappa shape index (κ2) is 6.49. The fraction of sp³-hybridized carbons (Fsp3) is 0.286. The van der Waals surface area contributed by atoms with Crippen molar-refractivity contribution in [2.75, 3.05) is 13.7 Å². The lowest BCUT2D eigenvalue weighted by atomic mass is 10.2. The number of carbonyl (C=O) groups excluding carboxylic acids is 1. The molecule has 6 heteroatoms. The van der Waals surface area contributed by atoms with Gasteiger partial charge < -0.3 is 15.8 Å². The highest BCUT2D eigenvalue weighted by Crippen LogP contribution is 2.25. The van der Waals surface area contributed by atoms with Crippen LogP contribution >= 0.6 is 11.3 Å². The van der Waals surface area contributed by atoms with Gasteiger partial charge in [-0.05, 0) is 31.2 Å². The van der Waals surface area contributed by atoms with Crippen LogP contribution in [-0.2, 0) is 0 Å². The highest BCUT2D eigenvalue weighted by Gasteiger charge is 2.13. The van der Waals surface area contributed by atoms with Gasteiger partial charge in [0.2, 0.25) is 0 Å². The number of hydrogen-bond acceptors (Lipinski definition) is 5. The van der Waals surface area contributed by atoms with Crippen LogP contribution in [0.2, 0.25) is 0 Å². The maximum absolute atomic E-state index is 11.9. The largest absolute Gasteiger partial charge is 0.497 e. The van der Waals surface area contributed by atoms with Crippen molar-refractivity contribution >= 4 is 17.2 Å². The van der Waals surface area contributed by atoms with Gasteiger partial charge in [0.1, 0.15) is 16.5 Å². The van der Waals surface area contributed by atoms with E-state index in [1.807, 2.05) is 31.2 Å².